The van der Waals surface area contributed by atoms with E-state index in [1.165, 1.54) is 5.56 Å². The second-order valence-electron chi connectivity index (χ2n) is 8.81. The van der Waals surface area contributed by atoms with E-state index in [0.29, 0.717) is 29.6 Å². The van der Waals surface area contributed by atoms with E-state index in [1.54, 1.807) is 28.8 Å². The Kier molecular flexibility index (Phi) is 6.05. The molecular weight excluding hydrogens is 450 g/mol. The smallest absolute Gasteiger partial charge is 0.349 e. The maximum atomic E-state index is 13.3. The normalized spacial score (nSPS) is 11.0. The fraction of sp³-hybridized carbons (Fsp3) is 0.133. The molecule has 0 bridgehead atoms. The Hall–Kier alpha value is -4.76. The lowest BCUT2D eigenvalue weighted by molar-refractivity contribution is 0.470. The molecule has 0 aliphatic rings. The summed E-state index contributed by atoms with van der Waals surface area (Å²) in [5.74, 6) is 0.0598. The first-order valence-corrected chi connectivity index (χ1v) is 11.8. The highest BCUT2D eigenvalue weighted by molar-refractivity contribution is 5.96. The summed E-state index contributed by atoms with van der Waals surface area (Å²) in [6, 6.07) is 26.8. The van der Waals surface area contributed by atoms with Gasteiger partial charge >= 0.3 is 5.63 Å². The minimum atomic E-state index is -0.689. The maximum Gasteiger partial charge on any atom is 0.349 e. The molecule has 0 atom stereocenters. The second-order valence-corrected chi connectivity index (χ2v) is 8.81. The number of aromatic hydroxyl groups is 1. The number of nitrogen functional groups attached to an aromatic ring is 1. The third-order valence-corrected chi connectivity index (χ3v) is 6.47. The number of hydrogen-bond acceptors (Lipinski definition) is 5. The van der Waals surface area contributed by atoms with Crippen molar-refractivity contribution in [1.29, 1.82) is 5.26 Å². The van der Waals surface area contributed by atoms with Gasteiger partial charge in [0.05, 0.1) is 11.1 Å². The quantitative estimate of drug-likeness (QED) is 0.292. The summed E-state index contributed by atoms with van der Waals surface area (Å²) in [6.45, 7) is 2.42. The number of para-hydroxylation sites is 1. The zero-order valence-electron chi connectivity index (χ0n) is 19.9. The van der Waals surface area contributed by atoms with Crippen LogP contribution in [0.3, 0.4) is 0 Å². The molecule has 0 unspecified atom stereocenters. The minimum absolute atomic E-state index is 0.00261. The number of aromatic nitrogens is 1. The highest BCUT2D eigenvalue weighted by Gasteiger charge is 2.29. The molecule has 0 aliphatic heterocycles. The molecule has 3 aromatic carbocycles. The number of nitriles is 1. The number of hydrogen-bond donors (Lipinski definition) is 2. The zero-order chi connectivity index (χ0) is 25.2. The van der Waals surface area contributed by atoms with Crippen molar-refractivity contribution in [2.45, 2.75) is 26.3 Å². The van der Waals surface area contributed by atoms with Gasteiger partial charge in [-0.3, -0.25) is 0 Å². The third kappa shape index (κ3) is 4.01. The first-order valence-electron chi connectivity index (χ1n) is 11.8. The van der Waals surface area contributed by atoms with Gasteiger partial charge in [0.15, 0.2) is 0 Å². The van der Waals surface area contributed by atoms with Crippen LogP contribution in [0.25, 0.3) is 33.4 Å². The van der Waals surface area contributed by atoms with Crippen molar-refractivity contribution in [2.24, 2.45) is 0 Å². The number of aryl methyl sites for hydroxylation is 2. The molecule has 0 saturated heterocycles. The highest BCUT2D eigenvalue weighted by atomic mass is 16.4. The van der Waals surface area contributed by atoms with Crippen molar-refractivity contribution in [2.75, 3.05) is 5.73 Å². The van der Waals surface area contributed by atoms with Gasteiger partial charge in [0, 0.05) is 12.1 Å². The average Bonchev–Trinajstić information content (AvgIpc) is 3.16. The Bertz CT molecular complexity index is 1660. The largest absolute Gasteiger partial charge is 0.506 e. The Morgan fingerprint density at radius 1 is 0.972 bits per heavy atom. The van der Waals surface area contributed by atoms with E-state index in [9.17, 15) is 15.2 Å². The van der Waals surface area contributed by atoms with Gasteiger partial charge in [-0.1, -0.05) is 72.3 Å². The summed E-state index contributed by atoms with van der Waals surface area (Å²) in [5, 5.41) is 21.8. The molecule has 5 aromatic rings. The molecule has 5 rings (SSSR count). The molecule has 0 amide bonds. The van der Waals surface area contributed by atoms with Crippen molar-refractivity contribution >= 4 is 16.8 Å². The second kappa shape index (κ2) is 9.47. The number of rotatable bonds is 6. The molecule has 36 heavy (non-hydrogen) atoms. The number of nitrogens with two attached hydrogens (primary N) is 1. The topological polar surface area (TPSA) is 105 Å². The van der Waals surface area contributed by atoms with Crippen LogP contribution in [0.2, 0.25) is 0 Å². The van der Waals surface area contributed by atoms with E-state index in [1.807, 2.05) is 49.4 Å². The van der Waals surface area contributed by atoms with Gasteiger partial charge in [-0.25, -0.2) is 4.79 Å². The Balaban J connectivity index is 1.75. The summed E-state index contributed by atoms with van der Waals surface area (Å²) in [6.07, 6.45) is 1.51. The van der Waals surface area contributed by atoms with E-state index in [2.05, 4.69) is 18.2 Å². The summed E-state index contributed by atoms with van der Waals surface area (Å²) >= 11 is 0. The lowest BCUT2D eigenvalue weighted by Crippen LogP contribution is -2.11. The van der Waals surface area contributed by atoms with Gasteiger partial charge in [-0.15, -0.1) is 0 Å². The van der Waals surface area contributed by atoms with Gasteiger partial charge in [0.1, 0.15) is 34.3 Å². The lowest BCUT2D eigenvalue weighted by Gasteiger charge is -2.14. The molecule has 178 valence electrons. The Labute approximate surface area is 208 Å². The van der Waals surface area contributed by atoms with Crippen LogP contribution in [0, 0.1) is 18.3 Å². The van der Waals surface area contributed by atoms with E-state index in [-0.39, 0.29) is 28.3 Å². The molecule has 3 N–H and O–H groups in total. The fourth-order valence-corrected chi connectivity index (χ4v) is 4.67. The standard InChI is InChI=1S/C30H25N3O3/c1-19-13-15-21(16-14-19)25-23(18-31)29(32)33(17-7-10-20-8-3-2-4-9-20)27(25)26-28(34)22-11-5-6-12-24(22)36-30(26)35/h2-6,8-9,11-16,34H,7,10,17,32H2,1H3. The van der Waals surface area contributed by atoms with E-state index in [4.69, 9.17) is 10.2 Å². The predicted molar refractivity (Wildman–Crippen MR) is 142 cm³/mol. The molecular formula is C30H25N3O3. The van der Waals surface area contributed by atoms with E-state index in [0.717, 1.165) is 17.5 Å². The van der Waals surface area contributed by atoms with Gasteiger partial charge in [0.2, 0.25) is 0 Å². The molecule has 0 fully saturated rings. The monoisotopic (exact) mass is 475 g/mol. The number of fused-ring (bicyclic) bond motifs is 1. The van der Waals surface area contributed by atoms with E-state index >= 15 is 0 Å². The molecule has 0 saturated carbocycles. The molecule has 6 heteroatoms. The first-order chi connectivity index (χ1) is 17.5. The van der Waals surface area contributed by atoms with Crippen LogP contribution in [-0.4, -0.2) is 9.67 Å². The predicted octanol–water partition coefficient (Wildman–Crippen LogP) is 6.03. The third-order valence-electron chi connectivity index (χ3n) is 6.47. The molecule has 0 spiro atoms. The van der Waals surface area contributed by atoms with Crippen molar-refractivity contribution in [3.8, 4) is 34.2 Å². The number of nitrogens with zero attached hydrogens (tertiary/aromatic N) is 2. The minimum Gasteiger partial charge on any atom is -0.506 e. The average molecular weight is 476 g/mol. The number of benzene rings is 3. The zero-order valence-corrected chi connectivity index (χ0v) is 19.9. The molecule has 2 aromatic heterocycles. The highest BCUT2D eigenvalue weighted by Crippen LogP contribution is 2.44. The van der Waals surface area contributed by atoms with E-state index < -0.39 is 5.63 Å². The Morgan fingerprint density at radius 2 is 1.67 bits per heavy atom. The van der Waals surface area contributed by atoms with Gasteiger partial charge in [-0.2, -0.15) is 5.26 Å². The SMILES string of the molecule is Cc1ccc(-c2c(C#N)c(N)n(CCCc3ccccc3)c2-c2c(O)c3ccccc3oc2=O)cc1. The van der Waals surface area contributed by atoms with Crippen LogP contribution in [0.5, 0.6) is 5.75 Å². The Morgan fingerprint density at radius 3 is 2.39 bits per heavy atom. The van der Waals surface area contributed by atoms with Crippen LogP contribution in [0.1, 0.15) is 23.1 Å². The summed E-state index contributed by atoms with van der Waals surface area (Å²) in [7, 11) is 0. The van der Waals surface area contributed by atoms with Crippen molar-refractivity contribution in [1.82, 2.24) is 4.57 Å². The molecule has 6 nitrogen and oxygen atoms in total. The fourth-order valence-electron chi connectivity index (χ4n) is 4.67. The van der Waals surface area contributed by atoms with Crippen molar-refractivity contribution in [3.63, 3.8) is 0 Å². The van der Waals surface area contributed by atoms with Crippen LogP contribution in [0.15, 0.2) is 88.1 Å². The van der Waals surface area contributed by atoms with Crippen LogP contribution >= 0.6 is 0 Å². The van der Waals surface area contributed by atoms with Crippen LogP contribution in [0.4, 0.5) is 5.82 Å². The molecule has 0 aliphatic carbocycles. The van der Waals surface area contributed by atoms with Gasteiger partial charge in [-0.05, 0) is 43.0 Å². The van der Waals surface area contributed by atoms with Crippen molar-refractivity contribution in [3.05, 3.63) is 106 Å². The van der Waals surface area contributed by atoms with Gasteiger partial charge in [0.25, 0.3) is 0 Å². The maximum absolute atomic E-state index is 13.3. The van der Waals surface area contributed by atoms with Crippen LogP contribution in [-0.2, 0) is 13.0 Å². The summed E-state index contributed by atoms with van der Waals surface area (Å²) in [5.41, 5.74) is 10.3. The first kappa shape index (κ1) is 23.0. The molecule has 2 heterocycles. The lowest BCUT2D eigenvalue weighted by atomic mass is 9.96. The summed E-state index contributed by atoms with van der Waals surface area (Å²) < 4.78 is 7.36. The summed E-state index contributed by atoms with van der Waals surface area (Å²) in [4.78, 5) is 13.3. The van der Waals surface area contributed by atoms with Gasteiger partial charge < -0.3 is 19.8 Å². The van der Waals surface area contributed by atoms with Crippen molar-refractivity contribution < 1.29 is 9.52 Å². The number of anilines is 1. The molecule has 0 radical (unpaired) electrons. The van der Waals surface area contributed by atoms with Crippen LogP contribution < -0.4 is 11.4 Å².